The Morgan fingerprint density at radius 2 is 1.82 bits per heavy atom. The minimum atomic E-state index is -1.66. The van der Waals surface area contributed by atoms with Gasteiger partial charge < -0.3 is 9.84 Å². The average Bonchev–Trinajstić information content (AvgIpc) is 2.60. The highest BCUT2D eigenvalue weighted by atomic mass is 28.4. The van der Waals surface area contributed by atoms with Crippen LogP contribution in [-0.2, 0) is 10.0 Å². The van der Waals surface area contributed by atoms with Gasteiger partial charge in [0.05, 0.1) is 0 Å². The van der Waals surface area contributed by atoms with Crippen LogP contribution in [0, 0.1) is 5.41 Å². The van der Waals surface area contributed by atoms with Crippen LogP contribution in [0.25, 0.3) is 0 Å². The van der Waals surface area contributed by atoms with Crippen molar-refractivity contribution in [1.29, 1.82) is 5.41 Å². The molecule has 0 aliphatic heterocycles. The van der Waals surface area contributed by atoms with Gasteiger partial charge in [-0.15, -0.1) is 0 Å². The molecule has 1 aliphatic carbocycles. The molecular formula is C14H21NOSi. The first-order valence-electron chi connectivity index (χ1n) is 6.28. The van der Waals surface area contributed by atoms with E-state index < -0.39 is 13.9 Å². The topological polar surface area (TPSA) is 33.1 Å². The molecule has 0 amide bonds. The van der Waals surface area contributed by atoms with Crippen molar-refractivity contribution in [3.05, 3.63) is 35.9 Å². The molecule has 17 heavy (non-hydrogen) atoms. The largest absolute Gasteiger partial charge is 0.403 e. The van der Waals surface area contributed by atoms with Crippen LogP contribution in [0.3, 0.4) is 0 Å². The van der Waals surface area contributed by atoms with E-state index in [2.05, 4.69) is 31.8 Å². The van der Waals surface area contributed by atoms with E-state index in [1.165, 1.54) is 0 Å². The summed E-state index contributed by atoms with van der Waals surface area (Å²) in [5.74, 6) is 0. The smallest absolute Gasteiger partial charge is 0.185 e. The molecule has 0 radical (unpaired) electrons. The van der Waals surface area contributed by atoms with Gasteiger partial charge in [0.25, 0.3) is 0 Å². The minimum absolute atomic E-state index is 0.425. The molecule has 1 aromatic rings. The van der Waals surface area contributed by atoms with E-state index in [-0.39, 0.29) is 0 Å². The summed E-state index contributed by atoms with van der Waals surface area (Å²) in [6, 6.07) is 10.3. The first kappa shape index (κ1) is 12.5. The molecule has 0 heterocycles. The number of benzene rings is 1. The van der Waals surface area contributed by atoms with E-state index in [4.69, 9.17) is 9.84 Å². The molecule has 92 valence electrons. The molecule has 0 spiro atoms. The Bertz CT molecular complexity index is 410. The van der Waals surface area contributed by atoms with Crippen molar-refractivity contribution in [2.24, 2.45) is 0 Å². The van der Waals surface area contributed by atoms with Crippen molar-refractivity contribution in [3.8, 4) is 0 Å². The second-order valence-corrected chi connectivity index (χ2v) is 10.2. The highest BCUT2D eigenvalue weighted by Gasteiger charge is 2.44. The molecule has 2 rings (SSSR count). The molecule has 0 unspecified atom stereocenters. The maximum absolute atomic E-state index is 8.27. The molecule has 1 atom stereocenters. The SMILES string of the molecule is C[Si](C)(C)O[C@]1(c2ccccc2)CCCC1=N. The Kier molecular flexibility index (Phi) is 3.23. The van der Waals surface area contributed by atoms with E-state index >= 15 is 0 Å². The van der Waals surface area contributed by atoms with E-state index in [1.807, 2.05) is 18.2 Å². The maximum Gasteiger partial charge on any atom is 0.185 e. The van der Waals surface area contributed by atoms with Crippen molar-refractivity contribution in [3.63, 3.8) is 0 Å². The molecule has 2 nitrogen and oxygen atoms in total. The van der Waals surface area contributed by atoms with Crippen molar-refractivity contribution in [2.45, 2.75) is 44.5 Å². The second kappa shape index (κ2) is 4.39. The van der Waals surface area contributed by atoms with Crippen LogP contribution < -0.4 is 0 Å². The van der Waals surface area contributed by atoms with Gasteiger partial charge in [-0.3, -0.25) is 0 Å². The minimum Gasteiger partial charge on any atom is -0.403 e. The lowest BCUT2D eigenvalue weighted by Gasteiger charge is -2.36. The fraction of sp³-hybridized carbons (Fsp3) is 0.500. The summed E-state index contributed by atoms with van der Waals surface area (Å²) in [6.45, 7) is 6.59. The van der Waals surface area contributed by atoms with Crippen molar-refractivity contribution < 1.29 is 4.43 Å². The Labute approximate surface area is 105 Å². The van der Waals surface area contributed by atoms with Crippen LogP contribution in [0.15, 0.2) is 30.3 Å². The number of nitrogens with one attached hydrogen (secondary N) is 1. The van der Waals surface area contributed by atoms with Crippen LogP contribution in [-0.4, -0.2) is 14.0 Å². The highest BCUT2D eigenvalue weighted by Crippen LogP contribution is 2.41. The Morgan fingerprint density at radius 1 is 1.18 bits per heavy atom. The third kappa shape index (κ3) is 2.50. The van der Waals surface area contributed by atoms with Gasteiger partial charge in [-0.1, -0.05) is 30.3 Å². The van der Waals surface area contributed by atoms with Gasteiger partial charge in [0.1, 0.15) is 5.60 Å². The lowest BCUT2D eigenvalue weighted by atomic mass is 9.91. The van der Waals surface area contributed by atoms with Gasteiger partial charge in [0.15, 0.2) is 8.32 Å². The Morgan fingerprint density at radius 3 is 2.29 bits per heavy atom. The standard InChI is InChI=1S/C14H21NOSi/c1-17(2,3)16-14(11-7-10-13(14)15)12-8-5-4-6-9-12/h4-6,8-9,15H,7,10-11H2,1-3H3/t14-/m0/s1. The Balaban J connectivity index is 2.42. The molecule has 1 saturated carbocycles. The monoisotopic (exact) mass is 247 g/mol. The van der Waals surface area contributed by atoms with Crippen LogP contribution in [0.2, 0.25) is 19.6 Å². The van der Waals surface area contributed by atoms with Crippen molar-refractivity contribution in [1.82, 2.24) is 0 Å². The molecule has 0 aromatic heterocycles. The molecule has 1 fully saturated rings. The summed E-state index contributed by atoms with van der Waals surface area (Å²) in [4.78, 5) is 0. The summed E-state index contributed by atoms with van der Waals surface area (Å²) in [6.07, 6.45) is 2.90. The quantitative estimate of drug-likeness (QED) is 0.806. The van der Waals surface area contributed by atoms with Crippen LogP contribution >= 0.6 is 0 Å². The van der Waals surface area contributed by atoms with E-state index in [0.717, 1.165) is 30.5 Å². The molecular weight excluding hydrogens is 226 g/mol. The van der Waals surface area contributed by atoms with Gasteiger partial charge in [0, 0.05) is 5.71 Å². The van der Waals surface area contributed by atoms with Crippen molar-refractivity contribution >= 4 is 14.0 Å². The third-order valence-electron chi connectivity index (χ3n) is 3.16. The summed E-state index contributed by atoms with van der Waals surface area (Å²) in [5.41, 5.74) is 1.49. The lowest BCUT2D eigenvalue weighted by Crippen LogP contribution is -2.43. The summed E-state index contributed by atoms with van der Waals surface area (Å²) in [7, 11) is -1.66. The number of rotatable bonds is 3. The summed E-state index contributed by atoms with van der Waals surface area (Å²) < 4.78 is 6.40. The van der Waals surface area contributed by atoms with Crippen LogP contribution in [0.1, 0.15) is 24.8 Å². The number of hydrogen-bond acceptors (Lipinski definition) is 2. The Hall–Kier alpha value is -0.933. The predicted molar refractivity (Wildman–Crippen MR) is 74.1 cm³/mol. The normalized spacial score (nSPS) is 25.2. The van der Waals surface area contributed by atoms with E-state index in [9.17, 15) is 0 Å². The predicted octanol–water partition coefficient (Wildman–Crippen LogP) is 3.94. The van der Waals surface area contributed by atoms with Gasteiger partial charge in [-0.2, -0.15) is 0 Å². The third-order valence-corrected chi connectivity index (χ3v) is 4.12. The zero-order valence-corrected chi connectivity index (χ0v) is 11.9. The molecule has 1 aliphatic rings. The van der Waals surface area contributed by atoms with Gasteiger partial charge in [-0.25, -0.2) is 0 Å². The molecule has 0 bridgehead atoms. The van der Waals surface area contributed by atoms with E-state index in [1.54, 1.807) is 0 Å². The first-order valence-corrected chi connectivity index (χ1v) is 9.68. The lowest BCUT2D eigenvalue weighted by molar-refractivity contribution is 0.132. The first-order chi connectivity index (χ1) is 7.94. The molecule has 3 heteroatoms. The fourth-order valence-corrected chi connectivity index (χ4v) is 3.98. The fourth-order valence-electron chi connectivity index (χ4n) is 2.59. The van der Waals surface area contributed by atoms with Gasteiger partial charge >= 0.3 is 0 Å². The van der Waals surface area contributed by atoms with Crippen LogP contribution in [0.5, 0.6) is 0 Å². The molecule has 0 saturated heterocycles. The van der Waals surface area contributed by atoms with E-state index in [0.29, 0.717) is 0 Å². The summed E-state index contributed by atoms with van der Waals surface area (Å²) >= 11 is 0. The zero-order chi connectivity index (χ0) is 12.5. The maximum atomic E-state index is 8.27. The van der Waals surface area contributed by atoms with Crippen molar-refractivity contribution in [2.75, 3.05) is 0 Å². The molecule has 1 N–H and O–H groups in total. The second-order valence-electron chi connectivity index (χ2n) is 5.74. The highest BCUT2D eigenvalue weighted by molar-refractivity contribution is 6.70. The van der Waals surface area contributed by atoms with Gasteiger partial charge in [-0.05, 0) is 44.5 Å². The molecule has 1 aromatic carbocycles. The number of hydrogen-bond donors (Lipinski definition) is 1. The average molecular weight is 247 g/mol. The summed E-state index contributed by atoms with van der Waals surface area (Å²) in [5, 5.41) is 8.27. The zero-order valence-electron chi connectivity index (χ0n) is 10.9. The van der Waals surface area contributed by atoms with Gasteiger partial charge in [0.2, 0.25) is 0 Å². The van der Waals surface area contributed by atoms with Crippen LogP contribution in [0.4, 0.5) is 0 Å².